The third kappa shape index (κ3) is 3.74. The summed E-state index contributed by atoms with van der Waals surface area (Å²) < 4.78 is 1.75. The van der Waals surface area contributed by atoms with E-state index in [0.717, 1.165) is 17.8 Å². The molecule has 0 atom stereocenters. The zero-order valence-electron chi connectivity index (χ0n) is 14.5. The molecule has 0 bridgehead atoms. The van der Waals surface area contributed by atoms with Crippen molar-refractivity contribution in [2.24, 2.45) is 0 Å². The van der Waals surface area contributed by atoms with Crippen LogP contribution in [0.4, 0.5) is 0 Å². The number of rotatable bonds is 5. The highest BCUT2D eigenvalue weighted by molar-refractivity contribution is 6.31. The maximum absolute atomic E-state index is 12.6. The molecule has 2 aromatic heterocycles. The van der Waals surface area contributed by atoms with Crippen LogP contribution >= 0.6 is 11.6 Å². The predicted molar refractivity (Wildman–Crippen MR) is 97.5 cm³/mol. The molecule has 3 aromatic rings. The maximum Gasteiger partial charge on any atom is 0.271 e. The van der Waals surface area contributed by atoms with Crippen LogP contribution < -0.4 is 0 Å². The molecule has 25 heavy (non-hydrogen) atoms. The molecule has 1 amide bonds. The average molecular weight is 358 g/mol. The Hall–Kier alpha value is -2.60. The molecule has 0 aliphatic carbocycles. The van der Waals surface area contributed by atoms with Gasteiger partial charge in [-0.3, -0.25) is 14.6 Å². The average Bonchev–Trinajstić information content (AvgIpc) is 3.22. The number of hydrogen-bond donors (Lipinski definition) is 1. The lowest BCUT2D eigenvalue weighted by atomic mass is 10.1. The van der Waals surface area contributed by atoms with Crippen LogP contribution in [0, 0.1) is 6.92 Å². The summed E-state index contributed by atoms with van der Waals surface area (Å²) in [5, 5.41) is 12.0. The largest absolute Gasteiger partial charge is 0.334 e. The van der Waals surface area contributed by atoms with E-state index in [1.165, 1.54) is 5.56 Å². The molecule has 0 saturated heterocycles. The van der Waals surface area contributed by atoms with Gasteiger partial charge in [0.05, 0.1) is 17.3 Å². The predicted octanol–water partition coefficient (Wildman–Crippen LogP) is 3.53. The zero-order valence-corrected chi connectivity index (χ0v) is 15.2. The number of carbonyl (C=O) groups excluding carboxylic acids is 1. The van der Waals surface area contributed by atoms with E-state index < -0.39 is 0 Å². The van der Waals surface area contributed by atoms with E-state index in [-0.39, 0.29) is 5.91 Å². The Morgan fingerprint density at radius 1 is 1.32 bits per heavy atom. The Kier molecular flexibility index (Phi) is 4.90. The second-order valence-corrected chi connectivity index (χ2v) is 6.38. The first-order chi connectivity index (χ1) is 12.0. The number of aryl methyl sites for hydroxylation is 2. The van der Waals surface area contributed by atoms with Gasteiger partial charge in [-0.1, -0.05) is 41.4 Å². The first-order valence-corrected chi connectivity index (χ1v) is 8.45. The number of H-pyrrole nitrogens is 1. The lowest BCUT2D eigenvalue weighted by Crippen LogP contribution is -2.27. The summed E-state index contributed by atoms with van der Waals surface area (Å²) in [7, 11) is 1.72. The minimum absolute atomic E-state index is 0.159. The van der Waals surface area contributed by atoms with Crippen LogP contribution in [-0.2, 0) is 13.1 Å². The van der Waals surface area contributed by atoms with Crippen molar-refractivity contribution >= 4 is 17.5 Å². The van der Waals surface area contributed by atoms with Crippen LogP contribution in [0.3, 0.4) is 0 Å². The van der Waals surface area contributed by atoms with Crippen LogP contribution in [0.25, 0.3) is 11.3 Å². The molecular formula is C18H20ClN5O. The third-order valence-electron chi connectivity index (χ3n) is 4.00. The van der Waals surface area contributed by atoms with E-state index in [2.05, 4.69) is 15.3 Å². The summed E-state index contributed by atoms with van der Waals surface area (Å²) in [6, 6.07) is 9.77. The van der Waals surface area contributed by atoms with Crippen LogP contribution in [0.15, 0.2) is 36.5 Å². The van der Waals surface area contributed by atoms with E-state index >= 15 is 0 Å². The number of hydrogen-bond acceptors (Lipinski definition) is 3. The van der Waals surface area contributed by atoms with E-state index in [1.54, 1.807) is 28.9 Å². The highest BCUT2D eigenvalue weighted by Crippen LogP contribution is 2.20. The number of aromatic nitrogens is 4. The fourth-order valence-corrected chi connectivity index (χ4v) is 2.72. The quantitative estimate of drug-likeness (QED) is 0.759. The van der Waals surface area contributed by atoms with Gasteiger partial charge in [0.2, 0.25) is 0 Å². The van der Waals surface area contributed by atoms with Crippen molar-refractivity contribution in [2.45, 2.75) is 26.9 Å². The van der Waals surface area contributed by atoms with Crippen LogP contribution in [0.5, 0.6) is 0 Å². The molecule has 3 rings (SSSR count). The molecule has 6 nitrogen and oxygen atoms in total. The lowest BCUT2D eigenvalue weighted by Gasteiger charge is -2.14. The van der Waals surface area contributed by atoms with Crippen molar-refractivity contribution in [3.8, 4) is 11.3 Å². The highest BCUT2D eigenvalue weighted by Gasteiger charge is 2.18. The normalized spacial score (nSPS) is 10.9. The zero-order chi connectivity index (χ0) is 18.0. The van der Waals surface area contributed by atoms with Crippen molar-refractivity contribution in [3.05, 3.63) is 58.5 Å². The van der Waals surface area contributed by atoms with E-state index in [1.807, 2.05) is 38.1 Å². The number of amides is 1. The van der Waals surface area contributed by atoms with Crippen LogP contribution in [-0.4, -0.2) is 37.8 Å². The van der Waals surface area contributed by atoms with Crippen molar-refractivity contribution in [1.82, 2.24) is 24.9 Å². The monoisotopic (exact) mass is 357 g/mol. The molecule has 1 aromatic carbocycles. The van der Waals surface area contributed by atoms with Gasteiger partial charge in [-0.15, -0.1) is 0 Å². The van der Waals surface area contributed by atoms with Crippen molar-refractivity contribution in [1.29, 1.82) is 0 Å². The van der Waals surface area contributed by atoms with Crippen molar-refractivity contribution < 1.29 is 4.79 Å². The van der Waals surface area contributed by atoms with Gasteiger partial charge < -0.3 is 4.90 Å². The molecule has 0 aliphatic heterocycles. The smallest absolute Gasteiger partial charge is 0.271 e. The van der Waals surface area contributed by atoms with Crippen molar-refractivity contribution in [2.75, 3.05) is 7.05 Å². The first-order valence-electron chi connectivity index (χ1n) is 8.07. The Morgan fingerprint density at radius 2 is 2.04 bits per heavy atom. The van der Waals surface area contributed by atoms with Gasteiger partial charge in [0.15, 0.2) is 0 Å². The van der Waals surface area contributed by atoms with E-state index in [9.17, 15) is 4.79 Å². The Balaban J connectivity index is 1.74. The van der Waals surface area contributed by atoms with E-state index in [4.69, 9.17) is 11.6 Å². The topological polar surface area (TPSA) is 66.8 Å². The molecule has 0 fully saturated rings. The molecule has 130 valence electrons. The molecule has 0 unspecified atom stereocenters. The summed E-state index contributed by atoms with van der Waals surface area (Å²) in [5.74, 6) is -0.159. The highest BCUT2D eigenvalue weighted by atomic mass is 35.5. The summed E-state index contributed by atoms with van der Waals surface area (Å²) in [6.45, 7) is 5.09. The number of carbonyl (C=O) groups is 1. The van der Waals surface area contributed by atoms with Gasteiger partial charge in [-0.05, 0) is 19.9 Å². The van der Waals surface area contributed by atoms with Gasteiger partial charge in [0.1, 0.15) is 11.4 Å². The summed E-state index contributed by atoms with van der Waals surface area (Å²) in [5.41, 5.74) is 4.00. The van der Waals surface area contributed by atoms with Gasteiger partial charge in [-0.25, -0.2) is 0 Å². The Labute approximate surface area is 151 Å². The van der Waals surface area contributed by atoms with Gasteiger partial charge in [-0.2, -0.15) is 10.2 Å². The number of halogens is 1. The summed E-state index contributed by atoms with van der Waals surface area (Å²) >= 11 is 6.17. The second-order valence-electron chi connectivity index (χ2n) is 5.97. The molecule has 0 spiro atoms. The third-order valence-corrected chi connectivity index (χ3v) is 4.32. The van der Waals surface area contributed by atoms with Crippen LogP contribution in [0.1, 0.15) is 28.7 Å². The molecule has 7 heteroatoms. The number of aromatic amines is 1. The summed E-state index contributed by atoms with van der Waals surface area (Å²) in [6.07, 6.45) is 1.76. The lowest BCUT2D eigenvalue weighted by molar-refractivity contribution is 0.0777. The Morgan fingerprint density at radius 3 is 2.68 bits per heavy atom. The SMILES string of the molecule is CCn1cc(Cl)c(CN(C)C(=O)c2cc(-c3ccc(C)cc3)n[nH]2)n1. The van der Waals surface area contributed by atoms with Crippen LogP contribution in [0.2, 0.25) is 5.02 Å². The molecule has 0 saturated carbocycles. The first kappa shape index (κ1) is 17.2. The molecule has 0 aliphatic rings. The van der Waals surface area contributed by atoms with Gasteiger partial charge >= 0.3 is 0 Å². The standard InChI is InChI=1S/C18H20ClN5O/c1-4-24-10-14(19)17(22-24)11-23(3)18(25)16-9-15(20-21-16)13-7-5-12(2)6-8-13/h5-10H,4,11H2,1-3H3,(H,20,21). The minimum atomic E-state index is -0.159. The maximum atomic E-state index is 12.6. The van der Waals surface area contributed by atoms with Gasteiger partial charge in [0, 0.05) is 25.4 Å². The van der Waals surface area contributed by atoms with Crippen molar-refractivity contribution in [3.63, 3.8) is 0 Å². The fourth-order valence-electron chi connectivity index (χ4n) is 2.51. The number of nitrogens with zero attached hydrogens (tertiary/aromatic N) is 4. The van der Waals surface area contributed by atoms with Gasteiger partial charge in [0.25, 0.3) is 5.91 Å². The molecule has 2 heterocycles. The number of benzene rings is 1. The fraction of sp³-hybridized carbons (Fsp3) is 0.278. The minimum Gasteiger partial charge on any atom is -0.334 e. The summed E-state index contributed by atoms with van der Waals surface area (Å²) in [4.78, 5) is 14.2. The number of nitrogens with one attached hydrogen (secondary N) is 1. The Bertz CT molecular complexity index is 881. The van der Waals surface area contributed by atoms with E-state index in [0.29, 0.717) is 23.0 Å². The second kappa shape index (κ2) is 7.11. The molecule has 0 radical (unpaired) electrons. The molecular weight excluding hydrogens is 338 g/mol. The molecule has 1 N–H and O–H groups in total.